The lowest BCUT2D eigenvalue weighted by Gasteiger charge is -2.03. The van der Waals surface area contributed by atoms with Crippen molar-refractivity contribution in [1.29, 1.82) is 0 Å². The van der Waals surface area contributed by atoms with E-state index in [0.717, 1.165) is 5.46 Å². The standard InChI is InChI=1S/C6H7B2N2/c1-8-5-3-10-2-4(7)6(5)9/h2-3H,1H3,(H2,9,10). The van der Waals surface area contributed by atoms with Crippen molar-refractivity contribution in [3.8, 4) is 0 Å². The first-order chi connectivity index (χ1) is 4.75. The maximum absolute atomic E-state index is 5.60. The Hall–Kier alpha value is -0.920. The maximum Gasteiger partial charge on any atom is 0.153 e. The summed E-state index contributed by atoms with van der Waals surface area (Å²) in [5, 5.41) is 0. The predicted octanol–water partition coefficient (Wildman–Crippen LogP) is -1.16. The van der Waals surface area contributed by atoms with Crippen molar-refractivity contribution >= 4 is 31.7 Å². The van der Waals surface area contributed by atoms with Crippen molar-refractivity contribution in [3.05, 3.63) is 12.4 Å². The van der Waals surface area contributed by atoms with Gasteiger partial charge in [0.1, 0.15) is 7.85 Å². The van der Waals surface area contributed by atoms with Gasteiger partial charge in [-0.3, -0.25) is 4.98 Å². The summed E-state index contributed by atoms with van der Waals surface area (Å²) in [6.45, 7) is 1.90. The summed E-state index contributed by atoms with van der Waals surface area (Å²) in [4.78, 5) is 3.88. The molecule has 0 spiro atoms. The highest BCUT2D eigenvalue weighted by atomic mass is 14.7. The number of nitrogens with two attached hydrogens (primary N) is 1. The Morgan fingerprint density at radius 1 is 1.60 bits per heavy atom. The number of nitrogen functional groups attached to an aromatic ring is 1. The average Bonchev–Trinajstić information content (AvgIpc) is 1.95. The fourth-order valence-electron chi connectivity index (χ4n) is 0.734. The molecule has 0 bridgehead atoms. The lowest BCUT2D eigenvalue weighted by atomic mass is 9.71. The lowest BCUT2D eigenvalue weighted by molar-refractivity contribution is 1.37. The van der Waals surface area contributed by atoms with Gasteiger partial charge >= 0.3 is 0 Å². The van der Waals surface area contributed by atoms with Gasteiger partial charge in [-0.15, -0.1) is 0 Å². The molecule has 0 saturated heterocycles. The largest absolute Gasteiger partial charge is 0.400 e. The van der Waals surface area contributed by atoms with Crippen LogP contribution in [0.2, 0.25) is 6.82 Å². The van der Waals surface area contributed by atoms with Crippen LogP contribution < -0.4 is 16.7 Å². The van der Waals surface area contributed by atoms with Gasteiger partial charge in [-0.05, 0) is 5.46 Å². The average molecular weight is 129 g/mol. The molecule has 1 aromatic rings. The predicted molar refractivity (Wildman–Crippen MR) is 45.3 cm³/mol. The molecule has 4 heteroatoms. The first-order valence-corrected chi connectivity index (χ1v) is 3.04. The summed E-state index contributed by atoms with van der Waals surface area (Å²) in [7, 11) is 7.36. The molecule has 0 aliphatic heterocycles. The van der Waals surface area contributed by atoms with Crippen LogP contribution in [0.4, 0.5) is 5.69 Å². The van der Waals surface area contributed by atoms with E-state index in [1.165, 1.54) is 0 Å². The van der Waals surface area contributed by atoms with E-state index in [1.807, 2.05) is 14.1 Å². The number of hydrogen-bond acceptors (Lipinski definition) is 2. The Kier molecular flexibility index (Phi) is 2.00. The van der Waals surface area contributed by atoms with E-state index in [-0.39, 0.29) is 0 Å². The minimum absolute atomic E-state index is 0.538. The molecule has 3 radical (unpaired) electrons. The van der Waals surface area contributed by atoms with Crippen LogP contribution in [-0.4, -0.2) is 20.1 Å². The molecule has 0 amide bonds. The molecule has 0 saturated carbocycles. The summed E-state index contributed by atoms with van der Waals surface area (Å²) >= 11 is 0. The number of hydrogen-bond donors (Lipinski definition) is 1. The Morgan fingerprint density at radius 3 is 2.80 bits per heavy atom. The van der Waals surface area contributed by atoms with Gasteiger partial charge in [-0.1, -0.05) is 12.3 Å². The van der Waals surface area contributed by atoms with Gasteiger partial charge in [0.15, 0.2) is 7.28 Å². The molecule has 1 heterocycles. The van der Waals surface area contributed by atoms with Gasteiger partial charge in [-0.25, -0.2) is 0 Å². The fourth-order valence-corrected chi connectivity index (χ4v) is 0.734. The number of rotatable bonds is 1. The molecule has 0 atom stereocenters. The number of aromatic nitrogens is 1. The Bertz CT molecular complexity index is 237. The van der Waals surface area contributed by atoms with E-state index in [2.05, 4.69) is 4.98 Å². The summed E-state index contributed by atoms with van der Waals surface area (Å²) in [5.74, 6) is 0. The van der Waals surface area contributed by atoms with Crippen LogP contribution in [0.1, 0.15) is 0 Å². The van der Waals surface area contributed by atoms with Crippen molar-refractivity contribution in [2.75, 3.05) is 5.73 Å². The zero-order valence-corrected chi connectivity index (χ0v) is 5.83. The molecule has 0 fully saturated rings. The Balaban J connectivity index is 3.14. The zero-order valence-electron chi connectivity index (χ0n) is 5.83. The third-order valence-electron chi connectivity index (χ3n) is 1.36. The molecule has 0 aliphatic rings. The second-order valence-corrected chi connectivity index (χ2v) is 2.02. The normalized spacial score (nSPS) is 9.30. The molecule has 10 heavy (non-hydrogen) atoms. The molecule has 1 aromatic heterocycles. The van der Waals surface area contributed by atoms with Crippen molar-refractivity contribution in [1.82, 2.24) is 4.98 Å². The SMILES string of the molecule is [B]c1cncc([B]C)c1N. The summed E-state index contributed by atoms with van der Waals surface area (Å²) in [6.07, 6.45) is 3.23. The third-order valence-corrected chi connectivity index (χ3v) is 1.36. The first-order valence-electron chi connectivity index (χ1n) is 3.04. The molecule has 2 N–H and O–H groups in total. The third kappa shape index (κ3) is 1.15. The van der Waals surface area contributed by atoms with E-state index in [4.69, 9.17) is 13.6 Å². The van der Waals surface area contributed by atoms with E-state index < -0.39 is 0 Å². The van der Waals surface area contributed by atoms with Crippen LogP contribution in [0.25, 0.3) is 0 Å². The van der Waals surface area contributed by atoms with Crippen molar-refractivity contribution in [3.63, 3.8) is 0 Å². The summed E-state index contributed by atoms with van der Waals surface area (Å²) in [5.41, 5.74) is 7.63. The number of anilines is 1. The topological polar surface area (TPSA) is 38.9 Å². The Labute approximate surface area is 62.5 Å². The monoisotopic (exact) mass is 129 g/mol. The second-order valence-electron chi connectivity index (χ2n) is 2.02. The molecule has 0 unspecified atom stereocenters. The minimum Gasteiger partial charge on any atom is -0.400 e. The molecule has 2 nitrogen and oxygen atoms in total. The second kappa shape index (κ2) is 2.78. The van der Waals surface area contributed by atoms with E-state index in [1.54, 1.807) is 12.4 Å². The summed E-state index contributed by atoms with van der Waals surface area (Å²) in [6, 6.07) is 0. The molecule has 0 aromatic carbocycles. The smallest absolute Gasteiger partial charge is 0.153 e. The fraction of sp³-hybridized carbons (Fsp3) is 0.167. The minimum atomic E-state index is 0.538. The lowest BCUT2D eigenvalue weighted by Crippen LogP contribution is -2.25. The van der Waals surface area contributed by atoms with E-state index in [9.17, 15) is 0 Å². The van der Waals surface area contributed by atoms with Crippen LogP contribution in [0.3, 0.4) is 0 Å². The van der Waals surface area contributed by atoms with Crippen LogP contribution in [-0.2, 0) is 0 Å². The van der Waals surface area contributed by atoms with Crippen LogP contribution >= 0.6 is 0 Å². The number of nitrogens with zero attached hydrogens (tertiary/aromatic N) is 1. The quantitative estimate of drug-likeness (QED) is 0.485. The van der Waals surface area contributed by atoms with Crippen LogP contribution in [0.15, 0.2) is 12.4 Å². The highest BCUT2D eigenvalue weighted by molar-refractivity contribution is 6.55. The van der Waals surface area contributed by atoms with E-state index in [0.29, 0.717) is 11.2 Å². The highest BCUT2D eigenvalue weighted by Crippen LogP contribution is 1.87. The molecule has 1 rings (SSSR count). The zero-order chi connectivity index (χ0) is 7.56. The van der Waals surface area contributed by atoms with Crippen molar-refractivity contribution < 1.29 is 0 Å². The maximum atomic E-state index is 5.60. The van der Waals surface area contributed by atoms with Crippen LogP contribution in [0.5, 0.6) is 0 Å². The first kappa shape index (κ1) is 7.19. The molecule has 47 valence electrons. The van der Waals surface area contributed by atoms with Crippen LogP contribution in [0, 0.1) is 0 Å². The number of pyridine rings is 1. The van der Waals surface area contributed by atoms with Crippen molar-refractivity contribution in [2.45, 2.75) is 6.82 Å². The Morgan fingerprint density at radius 2 is 2.30 bits per heavy atom. The van der Waals surface area contributed by atoms with Gasteiger partial charge in [-0.2, -0.15) is 0 Å². The van der Waals surface area contributed by atoms with Gasteiger partial charge in [0, 0.05) is 18.1 Å². The summed E-state index contributed by atoms with van der Waals surface area (Å²) < 4.78 is 0. The highest BCUT2D eigenvalue weighted by Gasteiger charge is 1.98. The van der Waals surface area contributed by atoms with Gasteiger partial charge in [0.2, 0.25) is 0 Å². The van der Waals surface area contributed by atoms with Gasteiger partial charge in [0.05, 0.1) is 0 Å². The molecular weight excluding hydrogens is 122 g/mol. The molecule has 0 aliphatic carbocycles. The van der Waals surface area contributed by atoms with E-state index >= 15 is 0 Å². The van der Waals surface area contributed by atoms with Gasteiger partial charge < -0.3 is 5.73 Å². The van der Waals surface area contributed by atoms with Gasteiger partial charge in [0.25, 0.3) is 0 Å². The van der Waals surface area contributed by atoms with Crippen molar-refractivity contribution in [2.24, 2.45) is 0 Å². The molecular formula is C6H7B2N2.